The lowest BCUT2D eigenvalue weighted by molar-refractivity contribution is -0.120. The van der Waals surface area contributed by atoms with Crippen LogP contribution in [0, 0.1) is 0 Å². The van der Waals surface area contributed by atoms with Crippen LogP contribution in [0.15, 0.2) is 0 Å². The minimum atomic E-state index is 0.0891. The van der Waals surface area contributed by atoms with Crippen molar-refractivity contribution < 1.29 is 4.79 Å². The zero-order valence-electron chi connectivity index (χ0n) is 5.64. The molecule has 56 valence electrons. The van der Waals surface area contributed by atoms with Crippen LogP contribution in [0.4, 0.5) is 0 Å². The number of Topliss-reactive ketones (excluding diaryl/α,β-unsaturated/α-hetero) is 1. The number of rotatable bonds is 0. The van der Waals surface area contributed by atoms with E-state index >= 15 is 0 Å². The molecule has 3 heteroatoms. The van der Waals surface area contributed by atoms with Gasteiger partial charge in [-0.3, -0.25) is 4.79 Å². The summed E-state index contributed by atoms with van der Waals surface area (Å²) in [7, 11) is 0. The number of carbonyl (C=O) groups is 1. The molecule has 2 saturated heterocycles. The summed E-state index contributed by atoms with van der Waals surface area (Å²) in [6.45, 7) is 0. The van der Waals surface area contributed by atoms with Crippen LogP contribution in [-0.4, -0.2) is 22.7 Å². The van der Waals surface area contributed by atoms with Gasteiger partial charge in [0.2, 0.25) is 0 Å². The van der Waals surface area contributed by atoms with E-state index in [2.05, 4.69) is 21.2 Å². The number of ketones is 1. The topological polar surface area (TPSA) is 29.1 Å². The van der Waals surface area contributed by atoms with E-state index in [0.717, 1.165) is 12.8 Å². The first-order chi connectivity index (χ1) is 4.77. The number of piperidine rings is 1. The zero-order valence-corrected chi connectivity index (χ0v) is 7.23. The van der Waals surface area contributed by atoms with Gasteiger partial charge in [0.05, 0.1) is 4.83 Å². The van der Waals surface area contributed by atoms with Gasteiger partial charge in [0.15, 0.2) is 0 Å². The molecule has 2 fully saturated rings. The molecule has 1 N–H and O–H groups in total. The van der Waals surface area contributed by atoms with Crippen LogP contribution in [0.1, 0.15) is 19.3 Å². The summed E-state index contributed by atoms with van der Waals surface area (Å²) in [6.07, 6.45) is 3.07. The maximum atomic E-state index is 11.2. The second-order valence-corrected chi connectivity index (χ2v) is 4.11. The zero-order chi connectivity index (χ0) is 7.14. The summed E-state index contributed by atoms with van der Waals surface area (Å²) < 4.78 is 0. The van der Waals surface area contributed by atoms with Gasteiger partial charge in [0.1, 0.15) is 5.78 Å². The maximum absolute atomic E-state index is 11.2. The Labute approximate surface area is 68.5 Å². The van der Waals surface area contributed by atoms with Crippen LogP contribution in [0.3, 0.4) is 0 Å². The fraction of sp³-hybridized carbons (Fsp3) is 0.857. The van der Waals surface area contributed by atoms with E-state index in [9.17, 15) is 4.79 Å². The Morgan fingerprint density at radius 3 is 3.10 bits per heavy atom. The average Bonchev–Trinajstić information content (AvgIpc) is 2.29. The quantitative estimate of drug-likeness (QED) is 0.592. The smallest absolute Gasteiger partial charge is 0.149 e. The van der Waals surface area contributed by atoms with Crippen molar-refractivity contribution in [2.75, 3.05) is 0 Å². The van der Waals surface area contributed by atoms with E-state index in [1.807, 2.05) is 0 Å². The van der Waals surface area contributed by atoms with Gasteiger partial charge >= 0.3 is 0 Å². The molecule has 0 aliphatic carbocycles. The third kappa shape index (κ3) is 0.920. The molecule has 0 aromatic heterocycles. The van der Waals surface area contributed by atoms with E-state index in [1.165, 1.54) is 6.42 Å². The van der Waals surface area contributed by atoms with Crippen LogP contribution >= 0.6 is 15.9 Å². The van der Waals surface area contributed by atoms with E-state index in [4.69, 9.17) is 0 Å². The number of halogens is 1. The lowest BCUT2D eigenvalue weighted by Gasteiger charge is -2.24. The van der Waals surface area contributed by atoms with Crippen molar-refractivity contribution in [1.82, 2.24) is 5.32 Å². The minimum absolute atomic E-state index is 0.0891. The van der Waals surface area contributed by atoms with Crippen molar-refractivity contribution in [3.05, 3.63) is 0 Å². The Kier molecular flexibility index (Phi) is 1.57. The van der Waals surface area contributed by atoms with E-state index < -0.39 is 0 Å². The summed E-state index contributed by atoms with van der Waals surface area (Å²) in [5, 5.41) is 3.40. The summed E-state index contributed by atoms with van der Waals surface area (Å²) in [5.74, 6) is 0.381. The Morgan fingerprint density at radius 2 is 2.30 bits per heavy atom. The summed E-state index contributed by atoms with van der Waals surface area (Å²) in [6, 6.07) is 0.914. The highest BCUT2D eigenvalue weighted by Crippen LogP contribution is 2.28. The van der Waals surface area contributed by atoms with Crippen molar-refractivity contribution in [2.24, 2.45) is 0 Å². The molecule has 2 heterocycles. The molecule has 0 unspecified atom stereocenters. The van der Waals surface area contributed by atoms with Gasteiger partial charge in [-0.25, -0.2) is 0 Å². The van der Waals surface area contributed by atoms with Crippen molar-refractivity contribution in [1.29, 1.82) is 0 Å². The van der Waals surface area contributed by atoms with Gasteiger partial charge in [-0.1, -0.05) is 15.9 Å². The molecule has 2 bridgehead atoms. The number of alkyl halides is 1. The molecule has 2 rings (SSSR count). The molecular weight excluding hydrogens is 194 g/mol. The van der Waals surface area contributed by atoms with Crippen molar-refractivity contribution >= 4 is 21.7 Å². The van der Waals surface area contributed by atoms with Gasteiger partial charge in [-0.05, 0) is 12.8 Å². The highest BCUT2D eigenvalue weighted by atomic mass is 79.9. The molecule has 0 aromatic rings. The lowest BCUT2D eigenvalue weighted by atomic mass is 10.0. The summed E-state index contributed by atoms with van der Waals surface area (Å²) >= 11 is 3.39. The second-order valence-electron chi connectivity index (χ2n) is 3.12. The molecular formula is C7H10BrNO. The highest BCUT2D eigenvalue weighted by molar-refractivity contribution is 9.10. The number of hydrogen-bond acceptors (Lipinski definition) is 2. The van der Waals surface area contributed by atoms with Gasteiger partial charge in [0.25, 0.3) is 0 Å². The molecule has 0 saturated carbocycles. The first kappa shape index (κ1) is 6.80. The van der Waals surface area contributed by atoms with Crippen molar-refractivity contribution in [3.8, 4) is 0 Å². The predicted molar refractivity (Wildman–Crippen MR) is 42.3 cm³/mol. The van der Waals surface area contributed by atoms with Crippen LogP contribution in [0.25, 0.3) is 0 Å². The van der Waals surface area contributed by atoms with Crippen molar-refractivity contribution in [3.63, 3.8) is 0 Å². The van der Waals surface area contributed by atoms with Crippen LogP contribution in [0.2, 0.25) is 0 Å². The Morgan fingerprint density at radius 1 is 1.50 bits per heavy atom. The fourth-order valence-corrected chi connectivity index (χ4v) is 2.43. The summed E-state index contributed by atoms with van der Waals surface area (Å²) in [4.78, 5) is 11.3. The number of fused-ring (bicyclic) bond motifs is 2. The third-order valence-corrected chi connectivity index (χ3v) is 3.53. The molecule has 0 amide bonds. The highest BCUT2D eigenvalue weighted by Gasteiger charge is 2.38. The maximum Gasteiger partial charge on any atom is 0.149 e. The molecule has 0 radical (unpaired) electrons. The second kappa shape index (κ2) is 2.31. The van der Waals surface area contributed by atoms with Gasteiger partial charge in [-0.2, -0.15) is 0 Å². The normalized spacial score (nSPS) is 46.1. The Balaban J connectivity index is 2.17. The first-order valence-corrected chi connectivity index (χ1v) is 4.62. The Bertz CT molecular complexity index is 171. The van der Waals surface area contributed by atoms with Gasteiger partial charge in [0, 0.05) is 18.5 Å². The number of hydrogen-bond donors (Lipinski definition) is 1. The monoisotopic (exact) mass is 203 g/mol. The van der Waals surface area contributed by atoms with Gasteiger partial charge in [-0.15, -0.1) is 0 Å². The molecule has 3 atom stereocenters. The largest absolute Gasteiger partial charge is 0.309 e. The molecule has 2 aliphatic rings. The minimum Gasteiger partial charge on any atom is -0.309 e. The first-order valence-electron chi connectivity index (χ1n) is 3.70. The van der Waals surface area contributed by atoms with E-state index in [1.54, 1.807) is 0 Å². The molecule has 10 heavy (non-hydrogen) atoms. The number of carbonyl (C=O) groups excluding carboxylic acids is 1. The lowest BCUT2D eigenvalue weighted by Crippen LogP contribution is -2.46. The standard InChI is InChI=1S/C7H10BrNO/c8-7-5-2-1-4(9-5)3-6(7)10/h4-5,7,9H,1-3H2/t4-,5+,7+/m0/s1. The van der Waals surface area contributed by atoms with Crippen molar-refractivity contribution in [2.45, 2.75) is 36.2 Å². The van der Waals surface area contributed by atoms with Gasteiger partial charge < -0.3 is 5.32 Å². The average molecular weight is 204 g/mol. The SMILES string of the molecule is O=C1C[C@@H]2CC[C@@H](N2)[C@H]1Br. The van der Waals surface area contributed by atoms with E-state index in [0.29, 0.717) is 17.9 Å². The van der Waals surface area contributed by atoms with Crippen LogP contribution in [0.5, 0.6) is 0 Å². The predicted octanol–water partition coefficient (Wildman–Crippen LogP) is 0.843. The third-order valence-electron chi connectivity index (χ3n) is 2.38. The molecule has 2 nitrogen and oxygen atoms in total. The molecule has 2 aliphatic heterocycles. The fourth-order valence-electron chi connectivity index (χ4n) is 1.82. The van der Waals surface area contributed by atoms with Crippen LogP contribution < -0.4 is 5.32 Å². The van der Waals surface area contributed by atoms with Crippen LogP contribution in [-0.2, 0) is 4.79 Å². The molecule has 0 aromatic carbocycles. The number of nitrogens with one attached hydrogen (secondary N) is 1. The molecule has 0 spiro atoms. The van der Waals surface area contributed by atoms with E-state index in [-0.39, 0.29) is 4.83 Å². The summed E-state index contributed by atoms with van der Waals surface area (Å²) in [5.41, 5.74) is 0. The Hall–Kier alpha value is 0.110.